The summed E-state index contributed by atoms with van der Waals surface area (Å²) in [5, 5.41) is 0. The molecule has 0 aromatic carbocycles. The van der Waals surface area contributed by atoms with Crippen LogP contribution in [-0.2, 0) is 32.7 Å². The van der Waals surface area contributed by atoms with E-state index in [1.54, 1.807) is 0 Å². The summed E-state index contributed by atoms with van der Waals surface area (Å²) in [4.78, 5) is 34.8. The number of phosphoric ester groups is 1. The van der Waals surface area contributed by atoms with E-state index in [1.165, 1.54) is 116 Å². The van der Waals surface area contributed by atoms with Crippen molar-refractivity contribution in [1.82, 2.24) is 0 Å². The van der Waals surface area contributed by atoms with E-state index in [2.05, 4.69) is 38.2 Å². The molecule has 0 bridgehead atoms. The number of hydrogen-bond donors (Lipinski definition) is 2. The SMILES string of the molecule is CCC/C=C\C/C=C\CCCCCCCC(=O)OC(COC(=O)CCCCCCCCCCCCCCCCCCCCCC)COP(=O)(O)OCCN. The summed E-state index contributed by atoms with van der Waals surface area (Å²) in [6.45, 7) is 3.67. The fourth-order valence-corrected chi connectivity index (χ4v) is 7.03. The van der Waals surface area contributed by atoms with Gasteiger partial charge in [0.1, 0.15) is 6.61 Å². The van der Waals surface area contributed by atoms with E-state index in [1.807, 2.05) is 0 Å². The van der Waals surface area contributed by atoms with Crippen molar-refractivity contribution in [3.63, 3.8) is 0 Å². The van der Waals surface area contributed by atoms with Crippen molar-refractivity contribution in [2.75, 3.05) is 26.4 Å². The fourth-order valence-electron chi connectivity index (χ4n) is 6.26. The van der Waals surface area contributed by atoms with E-state index in [0.717, 1.165) is 64.2 Å². The smallest absolute Gasteiger partial charge is 0.462 e. The molecule has 9 nitrogen and oxygen atoms in total. The zero-order valence-corrected chi connectivity index (χ0v) is 35.9. The lowest BCUT2D eigenvalue weighted by Crippen LogP contribution is -2.29. The Hall–Kier alpha value is -1.51. The van der Waals surface area contributed by atoms with Gasteiger partial charge in [-0.25, -0.2) is 4.57 Å². The highest BCUT2D eigenvalue weighted by molar-refractivity contribution is 7.47. The number of allylic oxidation sites excluding steroid dienone is 4. The van der Waals surface area contributed by atoms with Crippen LogP contribution in [0.25, 0.3) is 0 Å². The van der Waals surface area contributed by atoms with E-state index in [0.29, 0.717) is 6.42 Å². The molecule has 0 amide bonds. The van der Waals surface area contributed by atoms with E-state index in [9.17, 15) is 19.0 Å². The second-order valence-electron chi connectivity index (χ2n) is 14.9. The minimum atomic E-state index is -4.38. The number of rotatable bonds is 42. The third-order valence-electron chi connectivity index (χ3n) is 9.57. The molecule has 3 N–H and O–H groups in total. The average Bonchev–Trinajstić information content (AvgIpc) is 3.16. The maximum absolute atomic E-state index is 12.6. The second kappa shape index (κ2) is 41.1. The number of phosphoric acid groups is 1. The molecule has 0 rings (SSSR count). The Labute approximate surface area is 332 Å². The molecule has 0 radical (unpaired) electrons. The Bertz CT molecular complexity index is 944. The molecule has 0 aliphatic carbocycles. The third-order valence-corrected chi connectivity index (χ3v) is 10.6. The number of nitrogens with two attached hydrogens (primary N) is 1. The number of esters is 2. The van der Waals surface area contributed by atoms with Gasteiger partial charge in [0.05, 0.1) is 13.2 Å². The number of unbranched alkanes of at least 4 members (excludes halogenated alkanes) is 25. The van der Waals surface area contributed by atoms with Crippen LogP contribution in [0.1, 0.15) is 213 Å². The van der Waals surface area contributed by atoms with Crippen molar-refractivity contribution in [2.24, 2.45) is 5.73 Å². The van der Waals surface area contributed by atoms with Gasteiger partial charge in [0.2, 0.25) is 0 Å². The van der Waals surface area contributed by atoms with Crippen LogP contribution in [0.3, 0.4) is 0 Å². The molecule has 10 heteroatoms. The first-order valence-corrected chi connectivity index (χ1v) is 23.8. The van der Waals surface area contributed by atoms with Crippen LogP contribution in [0.4, 0.5) is 0 Å². The lowest BCUT2D eigenvalue weighted by atomic mass is 10.0. The van der Waals surface area contributed by atoms with E-state index in [4.69, 9.17) is 24.3 Å². The van der Waals surface area contributed by atoms with Crippen LogP contribution in [0.2, 0.25) is 0 Å². The molecule has 0 saturated carbocycles. The van der Waals surface area contributed by atoms with Crippen molar-refractivity contribution in [3.8, 4) is 0 Å². The van der Waals surface area contributed by atoms with Gasteiger partial charge < -0.3 is 20.1 Å². The summed E-state index contributed by atoms with van der Waals surface area (Å²) < 4.78 is 32.8. The molecule has 318 valence electrons. The Balaban J connectivity index is 4.06. The summed E-state index contributed by atoms with van der Waals surface area (Å²) in [6, 6.07) is 0. The highest BCUT2D eigenvalue weighted by atomic mass is 31.2. The summed E-state index contributed by atoms with van der Waals surface area (Å²) >= 11 is 0. The monoisotopic (exact) mass is 786 g/mol. The summed E-state index contributed by atoms with van der Waals surface area (Å²) in [7, 11) is -4.38. The Morgan fingerprint density at radius 3 is 1.48 bits per heavy atom. The molecule has 54 heavy (non-hydrogen) atoms. The normalized spacial score (nSPS) is 13.5. The first-order valence-electron chi connectivity index (χ1n) is 22.3. The van der Waals surface area contributed by atoms with E-state index >= 15 is 0 Å². The molecule has 2 unspecified atom stereocenters. The van der Waals surface area contributed by atoms with Crippen LogP contribution in [-0.4, -0.2) is 49.3 Å². The number of hydrogen-bond acceptors (Lipinski definition) is 8. The highest BCUT2D eigenvalue weighted by Crippen LogP contribution is 2.43. The number of ether oxygens (including phenoxy) is 2. The predicted molar refractivity (Wildman–Crippen MR) is 224 cm³/mol. The van der Waals surface area contributed by atoms with Gasteiger partial charge in [-0.15, -0.1) is 0 Å². The average molecular weight is 786 g/mol. The predicted octanol–water partition coefficient (Wildman–Crippen LogP) is 12.8. The van der Waals surface area contributed by atoms with Crippen LogP contribution in [0.5, 0.6) is 0 Å². The topological polar surface area (TPSA) is 134 Å². The molecular formula is C44H84NO8P. The van der Waals surface area contributed by atoms with Gasteiger partial charge in [0.25, 0.3) is 0 Å². The van der Waals surface area contributed by atoms with Crippen LogP contribution < -0.4 is 5.73 Å². The fraction of sp³-hybridized carbons (Fsp3) is 0.864. The first-order chi connectivity index (χ1) is 26.3. The molecule has 0 spiro atoms. The van der Waals surface area contributed by atoms with Crippen molar-refractivity contribution < 1.29 is 37.6 Å². The van der Waals surface area contributed by atoms with Crippen LogP contribution >= 0.6 is 7.82 Å². The second-order valence-corrected chi connectivity index (χ2v) is 16.4. The number of carbonyl (C=O) groups excluding carboxylic acids is 2. The molecule has 2 atom stereocenters. The number of carbonyl (C=O) groups is 2. The summed E-state index contributed by atoms with van der Waals surface area (Å²) in [5.41, 5.74) is 5.34. The Morgan fingerprint density at radius 1 is 0.556 bits per heavy atom. The maximum atomic E-state index is 12.6. The van der Waals surface area contributed by atoms with E-state index < -0.39 is 26.5 Å². The minimum absolute atomic E-state index is 0.0524. The maximum Gasteiger partial charge on any atom is 0.472 e. The minimum Gasteiger partial charge on any atom is -0.462 e. The van der Waals surface area contributed by atoms with Gasteiger partial charge in [-0.05, 0) is 38.5 Å². The van der Waals surface area contributed by atoms with Gasteiger partial charge in [-0.1, -0.05) is 186 Å². The van der Waals surface area contributed by atoms with Crippen molar-refractivity contribution in [3.05, 3.63) is 24.3 Å². The lowest BCUT2D eigenvalue weighted by molar-refractivity contribution is -0.161. The molecular weight excluding hydrogens is 701 g/mol. The molecule has 0 aliphatic rings. The van der Waals surface area contributed by atoms with Gasteiger partial charge in [0.15, 0.2) is 6.10 Å². The van der Waals surface area contributed by atoms with Crippen molar-refractivity contribution in [2.45, 2.75) is 219 Å². The first kappa shape index (κ1) is 52.5. The summed E-state index contributed by atoms with van der Waals surface area (Å²) in [5.74, 6) is -0.837. The van der Waals surface area contributed by atoms with Gasteiger partial charge in [-0.3, -0.25) is 18.6 Å². The zero-order valence-electron chi connectivity index (χ0n) is 35.0. The van der Waals surface area contributed by atoms with Crippen molar-refractivity contribution in [1.29, 1.82) is 0 Å². The quantitative estimate of drug-likeness (QED) is 0.0268. The standard InChI is InChI=1S/C44H84NO8P/c1-3-5-7-9-11-13-15-17-18-19-20-21-22-23-25-26-28-30-32-34-36-43(46)50-40-42(41-52-54(48,49)51-39-38-45)53-44(47)37-35-33-31-29-27-24-16-14-12-10-8-6-4-2/h8,10,14,16,42H,3-7,9,11-13,15,17-41,45H2,1-2H3,(H,48,49)/b10-8-,16-14-. The third kappa shape index (κ3) is 40.2. The summed E-state index contributed by atoms with van der Waals surface area (Å²) in [6.07, 6.45) is 43.6. The molecule has 0 saturated heterocycles. The van der Waals surface area contributed by atoms with Gasteiger partial charge in [-0.2, -0.15) is 0 Å². The van der Waals surface area contributed by atoms with Gasteiger partial charge >= 0.3 is 19.8 Å². The largest absolute Gasteiger partial charge is 0.472 e. The van der Waals surface area contributed by atoms with Gasteiger partial charge in [0, 0.05) is 19.4 Å². The van der Waals surface area contributed by atoms with Crippen molar-refractivity contribution >= 4 is 19.8 Å². The molecule has 0 aliphatic heterocycles. The lowest BCUT2D eigenvalue weighted by Gasteiger charge is -2.19. The molecule has 0 heterocycles. The highest BCUT2D eigenvalue weighted by Gasteiger charge is 2.26. The molecule has 0 fully saturated rings. The Morgan fingerprint density at radius 2 is 1.00 bits per heavy atom. The Kier molecular flexibility index (Phi) is 40.0. The van der Waals surface area contributed by atoms with Crippen LogP contribution in [0, 0.1) is 0 Å². The zero-order chi connectivity index (χ0) is 39.6. The molecule has 0 aromatic heterocycles. The van der Waals surface area contributed by atoms with Crippen LogP contribution in [0.15, 0.2) is 24.3 Å². The van der Waals surface area contributed by atoms with E-state index in [-0.39, 0.29) is 38.6 Å². The molecule has 0 aromatic rings.